The van der Waals surface area contributed by atoms with E-state index in [2.05, 4.69) is 38.9 Å². The predicted octanol–water partition coefficient (Wildman–Crippen LogP) is 5.02. The van der Waals surface area contributed by atoms with E-state index < -0.39 is 43.2 Å². The Morgan fingerprint density at radius 2 is 1.90 bits per heavy atom. The minimum absolute atomic E-state index is 0.0478. The van der Waals surface area contributed by atoms with Gasteiger partial charge in [-0.2, -0.15) is 0 Å². The molecule has 162 valence electrons. The summed E-state index contributed by atoms with van der Waals surface area (Å²) in [5.41, 5.74) is -0.503. The normalized spacial score (nSPS) is 13.6. The Bertz CT molecular complexity index is 778. The molecule has 0 aliphatic heterocycles. The number of carbonyl (C=O) groups is 2. The van der Waals surface area contributed by atoms with Gasteiger partial charge < -0.3 is 9.16 Å². The third kappa shape index (κ3) is 7.21. The van der Waals surface area contributed by atoms with E-state index in [1.54, 1.807) is 29.5 Å². The van der Waals surface area contributed by atoms with Gasteiger partial charge in [-0.3, -0.25) is 14.6 Å². The first-order valence-electron chi connectivity index (χ1n) is 9.31. The molecular formula is C20H28F2INO4Si. The lowest BCUT2D eigenvalue weighted by Gasteiger charge is -2.35. The first-order valence-corrected chi connectivity index (χ1v) is 13.3. The fourth-order valence-corrected chi connectivity index (χ4v) is 3.74. The maximum atomic E-state index is 14.1. The number of hydrogen-bond donors (Lipinski definition) is 0. The van der Waals surface area contributed by atoms with Gasteiger partial charge in [0.2, 0.25) is 0 Å². The number of hydrogen-bond acceptors (Lipinski definition) is 5. The average Bonchev–Trinajstić information content (AvgIpc) is 2.59. The molecule has 0 saturated heterocycles. The molecule has 1 atom stereocenters. The maximum Gasteiger partial charge on any atom is 0.322 e. The number of halogens is 3. The van der Waals surface area contributed by atoms with E-state index in [0.717, 1.165) is 12.3 Å². The molecule has 9 heteroatoms. The van der Waals surface area contributed by atoms with Gasteiger partial charge in [0.25, 0.3) is 0 Å². The number of nitrogens with zero attached hydrogens (tertiary/aromatic N) is 1. The quantitative estimate of drug-likeness (QED) is 0.0646. The third-order valence-corrected chi connectivity index (χ3v) is 9.99. The zero-order valence-corrected chi connectivity index (χ0v) is 20.8. The molecule has 0 aromatic heterocycles. The fourth-order valence-electron chi connectivity index (χ4n) is 2.12. The summed E-state index contributed by atoms with van der Waals surface area (Å²) in [4.78, 5) is 29.0. The van der Waals surface area contributed by atoms with Crippen LogP contribution in [0.1, 0.15) is 38.1 Å². The SMILES string of the molecule is CCOC(=O)C(C=NCCO[Si](C)(C)C(C)(C)C)C(=O)c1cc(I)cc(F)c1F. The summed E-state index contributed by atoms with van der Waals surface area (Å²) in [6.07, 6.45) is 1.13. The van der Waals surface area contributed by atoms with Crippen molar-refractivity contribution in [2.45, 2.75) is 45.8 Å². The zero-order chi connectivity index (χ0) is 22.4. The zero-order valence-electron chi connectivity index (χ0n) is 17.6. The van der Waals surface area contributed by atoms with Crippen molar-refractivity contribution in [3.63, 3.8) is 0 Å². The van der Waals surface area contributed by atoms with Crippen LogP contribution in [0, 0.1) is 21.1 Å². The highest BCUT2D eigenvalue weighted by atomic mass is 127. The minimum Gasteiger partial charge on any atom is -0.465 e. The number of ether oxygens (including phenoxy) is 1. The van der Waals surface area contributed by atoms with Crippen LogP contribution in [0.5, 0.6) is 0 Å². The van der Waals surface area contributed by atoms with Crippen LogP contribution in [0.3, 0.4) is 0 Å². The summed E-state index contributed by atoms with van der Waals surface area (Å²) in [7, 11) is -1.94. The largest absolute Gasteiger partial charge is 0.465 e. The smallest absolute Gasteiger partial charge is 0.322 e. The monoisotopic (exact) mass is 539 g/mol. The lowest BCUT2D eigenvalue weighted by Crippen LogP contribution is -2.41. The van der Waals surface area contributed by atoms with Crippen LogP contribution in [0.2, 0.25) is 18.1 Å². The molecular weight excluding hydrogens is 511 g/mol. The molecule has 0 fully saturated rings. The number of aliphatic imine (C=N–C) groups is 1. The van der Waals surface area contributed by atoms with Crippen LogP contribution in [-0.2, 0) is 14.0 Å². The van der Waals surface area contributed by atoms with Gasteiger partial charge in [-0.15, -0.1) is 0 Å². The number of esters is 1. The van der Waals surface area contributed by atoms with E-state index in [9.17, 15) is 18.4 Å². The lowest BCUT2D eigenvalue weighted by atomic mass is 9.98. The van der Waals surface area contributed by atoms with Crippen molar-refractivity contribution in [1.82, 2.24) is 0 Å². The highest BCUT2D eigenvalue weighted by Gasteiger charge is 2.37. The van der Waals surface area contributed by atoms with Crippen molar-refractivity contribution in [2.75, 3.05) is 19.8 Å². The van der Waals surface area contributed by atoms with E-state index in [1.807, 2.05) is 0 Å². The summed E-state index contributed by atoms with van der Waals surface area (Å²) in [6.45, 7) is 12.8. The maximum absolute atomic E-state index is 14.1. The Balaban J connectivity index is 2.96. The summed E-state index contributed by atoms with van der Waals surface area (Å²) in [6, 6.07) is 2.17. The molecule has 0 heterocycles. The van der Waals surface area contributed by atoms with Gasteiger partial charge in [-0.05, 0) is 59.8 Å². The van der Waals surface area contributed by atoms with E-state index >= 15 is 0 Å². The second-order valence-corrected chi connectivity index (χ2v) is 14.1. The molecule has 0 aliphatic carbocycles. The van der Waals surface area contributed by atoms with Gasteiger partial charge in [-0.25, -0.2) is 8.78 Å². The molecule has 5 nitrogen and oxygen atoms in total. The Hall–Kier alpha value is -1.20. The molecule has 0 N–H and O–H groups in total. The fraction of sp³-hybridized carbons (Fsp3) is 0.550. The summed E-state index contributed by atoms with van der Waals surface area (Å²) < 4.78 is 39.0. The minimum atomic E-state index is -1.94. The molecule has 1 aromatic rings. The van der Waals surface area contributed by atoms with Crippen molar-refractivity contribution in [3.05, 3.63) is 32.9 Å². The molecule has 0 aliphatic rings. The molecule has 0 spiro atoms. The van der Waals surface area contributed by atoms with Gasteiger partial charge in [-0.1, -0.05) is 20.8 Å². The van der Waals surface area contributed by atoms with Crippen molar-refractivity contribution < 1.29 is 27.5 Å². The van der Waals surface area contributed by atoms with Crippen molar-refractivity contribution in [3.8, 4) is 0 Å². The van der Waals surface area contributed by atoms with Gasteiger partial charge in [0, 0.05) is 9.78 Å². The average molecular weight is 539 g/mol. The van der Waals surface area contributed by atoms with Crippen LogP contribution in [0.4, 0.5) is 8.78 Å². The Labute approximate surface area is 185 Å². The van der Waals surface area contributed by atoms with Crippen LogP contribution in [-0.4, -0.2) is 46.0 Å². The summed E-state index contributed by atoms with van der Waals surface area (Å²) >= 11 is 1.77. The van der Waals surface area contributed by atoms with E-state index in [-0.39, 0.29) is 18.2 Å². The topological polar surface area (TPSA) is 65.0 Å². The van der Waals surface area contributed by atoms with Gasteiger partial charge in [0.05, 0.1) is 25.3 Å². The number of Topliss-reactive ketones (excluding diaryl/α,β-unsaturated/α-hetero) is 1. The lowest BCUT2D eigenvalue weighted by molar-refractivity contribution is -0.143. The van der Waals surface area contributed by atoms with E-state index in [1.165, 1.54) is 6.07 Å². The standard InChI is InChI=1S/C20H28F2INO4Si/c1-7-27-19(26)15(12-24-8-9-28-29(5,6)20(2,3)4)18(25)14-10-13(23)11-16(21)17(14)22/h10-12,15H,7-9H2,1-6H3. The van der Waals surface area contributed by atoms with Crippen LogP contribution in [0.15, 0.2) is 17.1 Å². The third-order valence-electron chi connectivity index (χ3n) is 4.83. The van der Waals surface area contributed by atoms with Crippen molar-refractivity contribution >= 4 is 48.9 Å². The van der Waals surface area contributed by atoms with Gasteiger partial charge >= 0.3 is 5.97 Å². The summed E-state index contributed by atoms with van der Waals surface area (Å²) in [5.74, 6) is -5.64. The second kappa shape index (κ2) is 10.7. The highest BCUT2D eigenvalue weighted by Crippen LogP contribution is 2.36. The highest BCUT2D eigenvalue weighted by molar-refractivity contribution is 14.1. The first kappa shape index (κ1) is 25.8. The molecule has 29 heavy (non-hydrogen) atoms. The van der Waals surface area contributed by atoms with Crippen LogP contribution >= 0.6 is 22.6 Å². The molecule has 0 amide bonds. The van der Waals surface area contributed by atoms with Crippen LogP contribution < -0.4 is 0 Å². The second-order valence-electron chi connectivity index (χ2n) is 8.01. The molecule has 0 bridgehead atoms. The Morgan fingerprint density at radius 1 is 1.28 bits per heavy atom. The Morgan fingerprint density at radius 3 is 2.45 bits per heavy atom. The number of carbonyl (C=O) groups excluding carboxylic acids is 2. The van der Waals surface area contributed by atoms with Crippen molar-refractivity contribution in [2.24, 2.45) is 10.9 Å². The molecule has 1 aromatic carbocycles. The number of rotatable bonds is 9. The summed E-state index contributed by atoms with van der Waals surface area (Å²) in [5, 5.41) is 0.0478. The molecule has 0 saturated carbocycles. The van der Waals surface area contributed by atoms with Gasteiger partial charge in [0.1, 0.15) is 0 Å². The van der Waals surface area contributed by atoms with E-state index in [4.69, 9.17) is 9.16 Å². The molecule has 1 unspecified atom stereocenters. The number of ketones is 1. The number of benzene rings is 1. The van der Waals surface area contributed by atoms with Gasteiger partial charge in [0.15, 0.2) is 31.7 Å². The Kier molecular flexibility index (Phi) is 9.54. The predicted molar refractivity (Wildman–Crippen MR) is 120 cm³/mol. The van der Waals surface area contributed by atoms with Crippen molar-refractivity contribution in [1.29, 1.82) is 0 Å². The molecule has 1 rings (SSSR count). The molecule has 0 radical (unpaired) electrons. The first-order chi connectivity index (χ1) is 13.3. The van der Waals surface area contributed by atoms with E-state index in [0.29, 0.717) is 10.2 Å². The van der Waals surface area contributed by atoms with Crippen LogP contribution in [0.25, 0.3) is 0 Å².